The molecule has 1 aromatic carbocycles. The zero-order chi connectivity index (χ0) is 18.6. The van der Waals surface area contributed by atoms with Gasteiger partial charge in [-0.05, 0) is 30.2 Å². The summed E-state index contributed by atoms with van der Waals surface area (Å²) < 4.78 is 2.93. The number of fused-ring (bicyclic) bond motifs is 2. The number of nitrogens with zero attached hydrogens (tertiary/aromatic N) is 4. The summed E-state index contributed by atoms with van der Waals surface area (Å²) in [4.78, 5) is 28.8. The van der Waals surface area contributed by atoms with Crippen molar-refractivity contribution in [2.75, 3.05) is 6.54 Å². The van der Waals surface area contributed by atoms with Gasteiger partial charge in [0.1, 0.15) is 0 Å². The summed E-state index contributed by atoms with van der Waals surface area (Å²) in [5.41, 5.74) is 2.21. The first-order chi connectivity index (χ1) is 13.2. The standard InChI is InChI=1S/C20H19N5O2/c26-18(14-16-7-3-6-15-8-4-10-22-19(15)16)21-11-5-13-25-20(27)24-12-2-1-9-17(24)23-25/h1-4,6-10,12H,5,11,13-14H2,(H,21,26). The first-order valence-electron chi connectivity index (χ1n) is 8.86. The van der Waals surface area contributed by atoms with Crippen molar-refractivity contribution in [3.05, 3.63) is 77.0 Å². The molecular weight excluding hydrogens is 342 g/mol. The van der Waals surface area contributed by atoms with Gasteiger partial charge in [0.15, 0.2) is 5.65 Å². The summed E-state index contributed by atoms with van der Waals surface area (Å²) in [6.07, 6.45) is 4.34. The molecule has 1 N–H and O–H groups in total. The number of carbonyl (C=O) groups excluding carboxylic acids is 1. The fourth-order valence-electron chi connectivity index (χ4n) is 3.12. The van der Waals surface area contributed by atoms with Gasteiger partial charge in [-0.2, -0.15) is 0 Å². The van der Waals surface area contributed by atoms with E-state index in [-0.39, 0.29) is 18.0 Å². The van der Waals surface area contributed by atoms with E-state index in [2.05, 4.69) is 15.4 Å². The second kappa shape index (κ2) is 7.41. The zero-order valence-corrected chi connectivity index (χ0v) is 14.7. The number of hydrogen-bond donors (Lipinski definition) is 1. The van der Waals surface area contributed by atoms with Gasteiger partial charge in [0.2, 0.25) is 5.91 Å². The van der Waals surface area contributed by atoms with E-state index in [0.717, 1.165) is 16.5 Å². The van der Waals surface area contributed by atoms with Crippen LogP contribution in [-0.4, -0.2) is 31.6 Å². The van der Waals surface area contributed by atoms with E-state index in [1.54, 1.807) is 24.5 Å². The molecule has 0 spiro atoms. The molecule has 1 amide bonds. The summed E-state index contributed by atoms with van der Waals surface area (Å²) in [6, 6.07) is 15.1. The zero-order valence-electron chi connectivity index (χ0n) is 14.7. The minimum absolute atomic E-state index is 0.0597. The molecule has 0 saturated carbocycles. The van der Waals surface area contributed by atoms with Crippen LogP contribution in [-0.2, 0) is 17.8 Å². The molecule has 7 nitrogen and oxygen atoms in total. The summed E-state index contributed by atoms with van der Waals surface area (Å²) in [5.74, 6) is -0.0597. The molecule has 136 valence electrons. The van der Waals surface area contributed by atoms with Crippen molar-refractivity contribution in [2.45, 2.75) is 19.4 Å². The lowest BCUT2D eigenvalue weighted by atomic mass is 10.1. The van der Waals surface area contributed by atoms with Gasteiger partial charge in [0, 0.05) is 30.9 Å². The van der Waals surface area contributed by atoms with E-state index in [0.29, 0.717) is 25.2 Å². The molecule has 0 aliphatic carbocycles. The minimum Gasteiger partial charge on any atom is -0.356 e. The molecule has 0 fully saturated rings. The fourth-order valence-corrected chi connectivity index (χ4v) is 3.12. The first kappa shape index (κ1) is 17.0. The Morgan fingerprint density at radius 1 is 1.07 bits per heavy atom. The van der Waals surface area contributed by atoms with E-state index in [1.807, 2.05) is 36.4 Å². The van der Waals surface area contributed by atoms with Crippen LogP contribution in [0.15, 0.2) is 65.7 Å². The number of hydrogen-bond acceptors (Lipinski definition) is 4. The number of aryl methyl sites for hydroxylation is 1. The average Bonchev–Trinajstić information content (AvgIpc) is 3.02. The molecule has 4 aromatic rings. The van der Waals surface area contributed by atoms with Crippen molar-refractivity contribution in [1.29, 1.82) is 0 Å². The average molecular weight is 361 g/mol. The molecule has 0 aliphatic rings. The molecule has 4 rings (SSSR count). The van der Waals surface area contributed by atoms with Crippen LogP contribution < -0.4 is 11.0 Å². The van der Waals surface area contributed by atoms with E-state index >= 15 is 0 Å². The highest BCUT2D eigenvalue weighted by atomic mass is 16.2. The number of benzene rings is 1. The molecule has 0 saturated heterocycles. The maximum absolute atomic E-state index is 12.2. The van der Waals surface area contributed by atoms with Crippen LogP contribution in [0.3, 0.4) is 0 Å². The summed E-state index contributed by atoms with van der Waals surface area (Å²) in [6.45, 7) is 0.938. The molecule has 0 unspecified atom stereocenters. The van der Waals surface area contributed by atoms with E-state index in [4.69, 9.17) is 0 Å². The second-order valence-electron chi connectivity index (χ2n) is 6.31. The minimum atomic E-state index is -0.168. The Kier molecular flexibility index (Phi) is 4.65. The van der Waals surface area contributed by atoms with Gasteiger partial charge in [0.25, 0.3) is 0 Å². The van der Waals surface area contributed by atoms with Crippen LogP contribution in [0.1, 0.15) is 12.0 Å². The van der Waals surface area contributed by atoms with Crippen molar-refractivity contribution in [2.24, 2.45) is 0 Å². The Bertz CT molecular complexity index is 1160. The number of carbonyl (C=O) groups is 1. The Balaban J connectivity index is 1.33. The van der Waals surface area contributed by atoms with E-state index < -0.39 is 0 Å². The lowest BCUT2D eigenvalue weighted by Gasteiger charge is -2.07. The third-order valence-electron chi connectivity index (χ3n) is 4.42. The molecular formula is C20H19N5O2. The van der Waals surface area contributed by atoms with Crippen LogP contribution in [0.25, 0.3) is 16.6 Å². The number of nitrogens with one attached hydrogen (secondary N) is 1. The maximum Gasteiger partial charge on any atom is 0.350 e. The lowest BCUT2D eigenvalue weighted by Crippen LogP contribution is -2.28. The Morgan fingerprint density at radius 3 is 2.85 bits per heavy atom. The second-order valence-corrected chi connectivity index (χ2v) is 6.31. The topological polar surface area (TPSA) is 81.3 Å². The SMILES string of the molecule is O=C(Cc1cccc2cccnc12)NCCCn1nc2ccccn2c1=O. The van der Waals surface area contributed by atoms with Gasteiger partial charge >= 0.3 is 5.69 Å². The Hall–Kier alpha value is -3.48. The van der Waals surface area contributed by atoms with E-state index in [1.165, 1.54) is 9.08 Å². The van der Waals surface area contributed by atoms with Gasteiger partial charge in [-0.1, -0.05) is 30.3 Å². The van der Waals surface area contributed by atoms with Gasteiger partial charge in [-0.15, -0.1) is 5.10 Å². The number of aromatic nitrogens is 4. The third-order valence-corrected chi connectivity index (χ3v) is 4.42. The molecule has 27 heavy (non-hydrogen) atoms. The quantitative estimate of drug-likeness (QED) is 0.531. The summed E-state index contributed by atoms with van der Waals surface area (Å²) in [7, 11) is 0. The monoisotopic (exact) mass is 361 g/mol. The van der Waals surface area contributed by atoms with Crippen LogP contribution in [0.5, 0.6) is 0 Å². The van der Waals surface area contributed by atoms with Gasteiger partial charge in [-0.3, -0.25) is 14.2 Å². The van der Waals surface area contributed by atoms with E-state index in [9.17, 15) is 9.59 Å². The summed E-state index contributed by atoms with van der Waals surface area (Å²) >= 11 is 0. The third kappa shape index (κ3) is 3.57. The van der Waals surface area contributed by atoms with Crippen LogP contribution in [0.2, 0.25) is 0 Å². The number of pyridine rings is 2. The number of para-hydroxylation sites is 1. The number of rotatable bonds is 6. The largest absolute Gasteiger partial charge is 0.356 e. The first-order valence-corrected chi connectivity index (χ1v) is 8.86. The number of amides is 1. The summed E-state index contributed by atoms with van der Waals surface area (Å²) in [5, 5.41) is 8.20. The maximum atomic E-state index is 12.2. The van der Waals surface area contributed by atoms with Crippen molar-refractivity contribution in [1.82, 2.24) is 24.5 Å². The molecule has 3 heterocycles. The molecule has 0 atom stereocenters. The van der Waals surface area contributed by atoms with Crippen LogP contribution in [0, 0.1) is 0 Å². The van der Waals surface area contributed by atoms with Gasteiger partial charge < -0.3 is 5.32 Å². The normalized spacial score (nSPS) is 11.1. The van der Waals surface area contributed by atoms with Crippen molar-refractivity contribution in [3.8, 4) is 0 Å². The van der Waals surface area contributed by atoms with Crippen molar-refractivity contribution in [3.63, 3.8) is 0 Å². The molecule has 0 aliphatic heterocycles. The van der Waals surface area contributed by atoms with Crippen LogP contribution >= 0.6 is 0 Å². The predicted octanol–water partition coefficient (Wildman–Crippen LogP) is 1.79. The van der Waals surface area contributed by atoms with Gasteiger partial charge in [0.05, 0.1) is 11.9 Å². The smallest absolute Gasteiger partial charge is 0.350 e. The molecule has 7 heteroatoms. The van der Waals surface area contributed by atoms with Crippen molar-refractivity contribution < 1.29 is 4.79 Å². The van der Waals surface area contributed by atoms with Crippen LogP contribution in [0.4, 0.5) is 0 Å². The lowest BCUT2D eigenvalue weighted by molar-refractivity contribution is -0.120. The van der Waals surface area contributed by atoms with Gasteiger partial charge in [-0.25, -0.2) is 9.48 Å². The molecule has 0 radical (unpaired) electrons. The Labute approximate surface area is 155 Å². The fraction of sp³-hybridized carbons (Fsp3) is 0.200. The van der Waals surface area contributed by atoms with Crippen molar-refractivity contribution >= 4 is 22.5 Å². The predicted molar refractivity (Wildman–Crippen MR) is 103 cm³/mol. The molecule has 0 bridgehead atoms. The highest BCUT2D eigenvalue weighted by Crippen LogP contribution is 2.16. The Morgan fingerprint density at radius 2 is 1.96 bits per heavy atom. The molecule has 3 aromatic heterocycles. The highest BCUT2D eigenvalue weighted by Gasteiger charge is 2.08. The highest BCUT2D eigenvalue weighted by molar-refractivity contribution is 5.87.